The molecule has 0 heterocycles. The van der Waals surface area contributed by atoms with Gasteiger partial charge in [-0.15, -0.1) is 0 Å². The van der Waals surface area contributed by atoms with Crippen molar-refractivity contribution in [3.05, 3.63) is 35.9 Å². The summed E-state index contributed by atoms with van der Waals surface area (Å²) in [6, 6.07) is 10.4. The molecular weight excluding hydrogens is 252 g/mol. The molecule has 0 saturated carbocycles. The zero-order valence-electron chi connectivity index (χ0n) is 12.2. The Hall–Kier alpha value is -0.890. The molecule has 0 bridgehead atoms. The molecule has 1 unspecified atom stereocenters. The average Bonchev–Trinajstić information content (AvgIpc) is 2.46. The first-order valence-electron chi connectivity index (χ1n) is 7.45. The van der Waals surface area contributed by atoms with Crippen molar-refractivity contribution in [2.45, 2.75) is 52.4 Å². The fourth-order valence-electron chi connectivity index (χ4n) is 2.07. The molecule has 1 aromatic carbocycles. The topological polar surface area (TPSA) is 9.23 Å². The first kappa shape index (κ1) is 16.2. The van der Waals surface area contributed by atoms with Gasteiger partial charge in [0.15, 0.2) is 5.05 Å². The highest BCUT2D eigenvalue weighted by molar-refractivity contribution is 7.80. The molecule has 0 spiro atoms. The zero-order chi connectivity index (χ0) is 13.9. The van der Waals surface area contributed by atoms with Gasteiger partial charge in [0.25, 0.3) is 0 Å². The number of hydrogen-bond acceptors (Lipinski definition) is 2. The lowest BCUT2D eigenvalue weighted by Gasteiger charge is -2.16. The Morgan fingerprint density at radius 1 is 1.21 bits per heavy atom. The van der Waals surface area contributed by atoms with Crippen molar-refractivity contribution in [1.29, 1.82) is 0 Å². The van der Waals surface area contributed by atoms with Gasteiger partial charge < -0.3 is 4.74 Å². The van der Waals surface area contributed by atoms with Gasteiger partial charge in [-0.2, -0.15) is 0 Å². The highest BCUT2D eigenvalue weighted by atomic mass is 32.1. The first-order chi connectivity index (χ1) is 9.26. The Labute approximate surface area is 123 Å². The van der Waals surface area contributed by atoms with Gasteiger partial charge in [0.1, 0.15) is 0 Å². The van der Waals surface area contributed by atoms with Crippen molar-refractivity contribution in [3.63, 3.8) is 0 Å². The Kier molecular flexibility index (Phi) is 8.48. The summed E-state index contributed by atoms with van der Waals surface area (Å²) in [6.07, 6.45) is 6.82. The number of unbranched alkanes of at least 4 members (excludes halogenated alkanes) is 1. The molecule has 1 atom stereocenters. The van der Waals surface area contributed by atoms with Crippen LogP contribution in [0.5, 0.6) is 0 Å². The third-order valence-electron chi connectivity index (χ3n) is 3.48. The van der Waals surface area contributed by atoms with Gasteiger partial charge in [-0.3, -0.25) is 0 Å². The Morgan fingerprint density at radius 2 is 1.95 bits per heavy atom. The molecule has 0 aliphatic rings. The van der Waals surface area contributed by atoms with E-state index >= 15 is 0 Å². The molecule has 2 heteroatoms. The van der Waals surface area contributed by atoms with E-state index in [1.165, 1.54) is 31.2 Å². The fraction of sp³-hybridized carbons (Fsp3) is 0.588. The second-order valence-electron chi connectivity index (χ2n) is 5.09. The van der Waals surface area contributed by atoms with E-state index in [2.05, 4.69) is 38.1 Å². The van der Waals surface area contributed by atoms with Crippen LogP contribution in [0, 0.1) is 5.92 Å². The lowest BCUT2D eigenvalue weighted by atomic mass is 10.0. The Balaban J connectivity index is 2.20. The molecule has 0 fully saturated rings. The minimum atomic E-state index is 0.662. The lowest BCUT2D eigenvalue weighted by Crippen LogP contribution is -2.13. The highest BCUT2D eigenvalue weighted by Gasteiger charge is 2.08. The summed E-state index contributed by atoms with van der Waals surface area (Å²) < 4.78 is 5.75. The Bertz CT molecular complexity index is 348. The number of aryl methyl sites for hydroxylation is 1. The van der Waals surface area contributed by atoms with Crippen LogP contribution >= 0.6 is 12.2 Å². The monoisotopic (exact) mass is 278 g/mol. The van der Waals surface area contributed by atoms with Gasteiger partial charge in [-0.1, -0.05) is 63.4 Å². The predicted octanol–water partition coefficient (Wildman–Crippen LogP) is 5.18. The van der Waals surface area contributed by atoms with Gasteiger partial charge in [-0.25, -0.2) is 0 Å². The highest BCUT2D eigenvalue weighted by Crippen LogP contribution is 2.14. The van der Waals surface area contributed by atoms with Crippen LogP contribution in [-0.4, -0.2) is 11.7 Å². The van der Waals surface area contributed by atoms with Crippen LogP contribution in [0.3, 0.4) is 0 Å². The second-order valence-corrected chi connectivity index (χ2v) is 5.54. The van der Waals surface area contributed by atoms with Crippen molar-refractivity contribution in [2.75, 3.05) is 6.61 Å². The number of ether oxygens (including phenoxy) is 1. The number of rotatable bonds is 9. The Morgan fingerprint density at radius 3 is 2.58 bits per heavy atom. The van der Waals surface area contributed by atoms with Crippen molar-refractivity contribution < 1.29 is 4.74 Å². The van der Waals surface area contributed by atoms with E-state index in [9.17, 15) is 0 Å². The minimum Gasteiger partial charge on any atom is -0.487 e. The summed E-state index contributed by atoms with van der Waals surface area (Å²) in [4.78, 5) is 0. The third-order valence-corrected chi connectivity index (χ3v) is 3.81. The number of benzene rings is 1. The van der Waals surface area contributed by atoms with Crippen molar-refractivity contribution >= 4 is 17.3 Å². The SMILES string of the molecule is CCCCC(CC)COC(=S)CCc1ccccc1. The molecule has 0 aliphatic carbocycles. The maximum absolute atomic E-state index is 5.75. The van der Waals surface area contributed by atoms with Gasteiger partial charge in [0, 0.05) is 6.42 Å². The van der Waals surface area contributed by atoms with Gasteiger partial charge >= 0.3 is 0 Å². The quantitative estimate of drug-likeness (QED) is 0.576. The molecule has 1 rings (SSSR count). The average molecular weight is 278 g/mol. The van der Waals surface area contributed by atoms with Crippen LogP contribution in [0.1, 0.15) is 51.5 Å². The molecule has 0 aliphatic heterocycles. The van der Waals surface area contributed by atoms with E-state index in [4.69, 9.17) is 17.0 Å². The van der Waals surface area contributed by atoms with E-state index in [1.54, 1.807) is 0 Å². The molecule has 0 aromatic heterocycles. The van der Waals surface area contributed by atoms with Crippen LogP contribution in [0.15, 0.2) is 30.3 Å². The van der Waals surface area contributed by atoms with Crippen LogP contribution in [0.2, 0.25) is 0 Å². The molecular formula is C17H26OS. The second kappa shape index (κ2) is 9.96. The molecule has 1 aromatic rings. The summed E-state index contributed by atoms with van der Waals surface area (Å²) in [6.45, 7) is 5.26. The standard InChI is InChI=1S/C17H26OS/c1-3-5-9-15(4-2)14-18-17(19)13-12-16-10-7-6-8-11-16/h6-8,10-11,15H,3-5,9,12-14H2,1-2H3. The summed E-state index contributed by atoms with van der Waals surface area (Å²) in [7, 11) is 0. The van der Waals surface area contributed by atoms with Crippen LogP contribution in [0.25, 0.3) is 0 Å². The normalized spacial score (nSPS) is 12.1. The van der Waals surface area contributed by atoms with Crippen molar-refractivity contribution in [1.82, 2.24) is 0 Å². The van der Waals surface area contributed by atoms with Gasteiger partial charge in [0.05, 0.1) is 6.61 Å². The third kappa shape index (κ3) is 7.31. The molecule has 0 N–H and O–H groups in total. The summed E-state index contributed by atoms with van der Waals surface area (Å²) in [5.74, 6) is 0.662. The molecule has 0 amide bonds. The van der Waals surface area contributed by atoms with E-state index in [-0.39, 0.29) is 0 Å². The van der Waals surface area contributed by atoms with Crippen molar-refractivity contribution in [2.24, 2.45) is 5.92 Å². The number of thiocarbonyl (C=S) groups is 1. The molecule has 0 saturated heterocycles. The number of hydrogen-bond donors (Lipinski definition) is 0. The summed E-state index contributed by atoms with van der Waals surface area (Å²) in [5, 5.41) is 0.763. The molecule has 19 heavy (non-hydrogen) atoms. The smallest absolute Gasteiger partial charge is 0.160 e. The van der Waals surface area contributed by atoms with Crippen LogP contribution < -0.4 is 0 Å². The van der Waals surface area contributed by atoms with Gasteiger partial charge in [0.2, 0.25) is 0 Å². The first-order valence-corrected chi connectivity index (χ1v) is 7.86. The minimum absolute atomic E-state index is 0.662. The fourth-order valence-corrected chi connectivity index (χ4v) is 2.24. The van der Waals surface area contributed by atoms with E-state index in [0.717, 1.165) is 24.5 Å². The predicted molar refractivity (Wildman–Crippen MR) is 86.6 cm³/mol. The maximum atomic E-state index is 5.75. The summed E-state index contributed by atoms with van der Waals surface area (Å²) in [5.41, 5.74) is 1.33. The van der Waals surface area contributed by atoms with E-state index in [1.807, 2.05) is 6.07 Å². The maximum Gasteiger partial charge on any atom is 0.160 e. The van der Waals surface area contributed by atoms with Crippen LogP contribution in [-0.2, 0) is 11.2 Å². The van der Waals surface area contributed by atoms with Gasteiger partial charge in [-0.05, 0) is 36.5 Å². The van der Waals surface area contributed by atoms with E-state index < -0.39 is 0 Å². The zero-order valence-corrected chi connectivity index (χ0v) is 13.0. The lowest BCUT2D eigenvalue weighted by molar-refractivity contribution is 0.223. The van der Waals surface area contributed by atoms with E-state index in [0.29, 0.717) is 5.92 Å². The largest absolute Gasteiger partial charge is 0.487 e. The summed E-state index contributed by atoms with van der Waals surface area (Å²) >= 11 is 5.31. The molecule has 1 nitrogen and oxygen atoms in total. The van der Waals surface area contributed by atoms with Crippen LogP contribution in [0.4, 0.5) is 0 Å². The molecule has 0 radical (unpaired) electrons. The van der Waals surface area contributed by atoms with Crippen molar-refractivity contribution in [3.8, 4) is 0 Å². The molecule has 106 valence electrons.